The number of carboxylic acid groups (broad SMARTS) is 1. The summed E-state index contributed by atoms with van der Waals surface area (Å²) < 4.78 is 11.9. The lowest BCUT2D eigenvalue weighted by atomic mass is 9.90. The summed E-state index contributed by atoms with van der Waals surface area (Å²) in [7, 11) is 3.09. The van der Waals surface area contributed by atoms with Crippen LogP contribution in [0, 0.1) is 5.41 Å². The Kier molecular flexibility index (Phi) is 6.69. The number of hydrogen-bond acceptors (Lipinski definition) is 7. The highest BCUT2D eigenvalue weighted by Crippen LogP contribution is 2.34. The third-order valence-corrected chi connectivity index (χ3v) is 6.44. The number of nitrogen functional groups attached to an aromatic ring is 1. The van der Waals surface area contributed by atoms with Crippen LogP contribution in [0.15, 0.2) is 58.7 Å². The fourth-order valence-electron chi connectivity index (χ4n) is 3.79. The Hall–Kier alpha value is -4.38. The largest absolute Gasteiger partial charge is 0.493 e. The molecule has 0 aliphatic rings. The van der Waals surface area contributed by atoms with Crippen molar-refractivity contribution in [2.45, 2.75) is 12.3 Å². The molecule has 0 bridgehead atoms. The van der Waals surface area contributed by atoms with Crippen molar-refractivity contribution in [1.29, 1.82) is 5.41 Å². The summed E-state index contributed by atoms with van der Waals surface area (Å²) in [6.07, 6.45) is 0.454. The molecule has 35 heavy (non-hydrogen) atoms. The fourth-order valence-corrected chi connectivity index (χ4v) is 4.50. The average Bonchev–Trinajstić information content (AvgIpc) is 3.49. The van der Waals surface area contributed by atoms with Gasteiger partial charge >= 0.3 is 11.7 Å². The van der Waals surface area contributed by atoms with Crippen molar-refractivity contribution in [2.24, 2.45) is 5.73 Å². The van der Waals surface area contributed by atoms with Crippen LogP contribution in [0.3, 0.4) is 0 Å². The van der Waals surface area contributed by atoms with E-state index < -0.39 is 17.6 Å². The van der Waals surface area contributed by atoms with Gasteiger partial charge in [-0.2, -0.15) is 4.68 Å². The van der Waals surface area contributed by atoms with Crippen LogP contribution in [0.25, 0.3) is 5.69 Å². The Morgan fingerprint density at radius 3 is 2.51 bits per heavy atom. The Morgan fingerprint density at radius 2 is 1.89 bits per heavy atom. The monoisotopic (exact) mass is 493 g/mol. The van der Waals surface area contributed by atoms with E-state index in [0.29, 0.717) is 29.3 Å². The molecule has 0 fully saturated rings. The summed E-state index contributed by atoms with van der Waals surface area (Å²) in [5.74, 6) is -0.118. The molecule has 2 aromatic heterocycles. The number of methoxy groups -OCH3 is 2. The second-order valence-corrected chi connectivity index (χ2v) is 8.57. The van der Waals surface area contributed by atoms with Gasteiger partial charge in [-0.05, 0) is 41.1 Å². The Morgan fingerprint density at radius 1 is 1.17 bits per heavy atom. The Bertz CT molecular complexity index is 1440. The van der Waals surface area contributed by atoms with Crippen molar-refractivity contribution in [3.63, 3.8) is 0 Å². The van der Waals surface area contributed by atoms with E-state index >= 15 is 0 Å². The lowest BCUT2D eigenvalue weighted by Crippen LogP contribution is -2.17. The molecule has 0 aliphatic heterocycles. The first-order valence-electron chi connectivity index (χ1n) is 10.5. The minimum atomic E-state index is -1.13. The van der Waals surface area contributed by atoms with Gasteiger partial charge in [0.25, 0.3) is 0 Å². The molecule has 0 amide bonds. The first-order valence-corrected chi connectivity index (χ1v) is 11.4. The van der Waals surface area contributed by atoms with Gasteiger partial charge in [-0.15, -0.1) is 16.4 Å². The number of rotatable bonds is 9. The number of nitrogens with one attached hydrogen (secondary N) is 2. The van der Waals surface area contributed by atoms with Crippen LogP contribution >= 0.6 is 11.3 Å². The van der Waals surface area contributed by atoms with E-state index in [4.69, 9.17) is 20.6 Å². The van der Waals surface area contributed by atoms with E-state index in [1.54, 1.807) is 36.8 Å². The number of carbonyl (C=O) groups is 1. The van der Waals surface area contributed by atoms with Crippen LogP contribution < -0.4 is 20.9 Å². The van der Waals surface area contributed by atoms with Crippen molar-refractivity contribution in [2.75, 3.05) is 14.2 Å². The molecule has 2 heterocycles. The minimum Gasteiger partial charge on any atom is -0.493 e. The van der Waals surface area contributed by atoms with Crippen molar-refractivity contribution >= 4 is 23.1 Å². The quantitative estimate of drug-likeness (QED) is 0.206. The molecule has 10 nitrogen and oxygen atoms in total. The van der Waals surface area contributed by atoms with E-state index in [9.17, 15) is 14.7 Å². The topological polar surface area (TPSA) is 156 Å². The number of ether oxygens (including phenoxy) is 2. The number of carboxylic acids is 1. The Balaban J connectivity index is 1.80. The smallest absolute Gasteiger partial charge is 0.348 e. The van der Waals surface area contributed by atoms with Gasteiger partial charge in [0.2, 0.25) is 0 Å². The zero-order valence-corrected chi connectivity index (χ0v) is 19.8. The summed E-state index contributed by atoms with van der Waals surface area (Å²) >= 11 is 1.02. The molecule has 0 aliphatic carbocycles. The van der Waals surface area contributed by atoms with Crippen LogP contribution in [-0.4, -0.2) is 45.9 Å². The zero-order valence-electron chi connectivity index (χ0n) is 18.9. The van der Waals surface area contributed by atoms with Gasteiger partial charge in [-0.1, -0.05) is 30.3 Å². The standard InChI is InChI=1S/C24H23N5O5S/c1-33-18-8-7-15(12-19(18)34-2)16(11-13-3-5-14(6-4-13)21(25)26)22-27-24(32)29(28-22)17-9-10-35-20(17)23(30)31/h3-10,12,16H,11H2,1-2H3,(H3,25,26)(H,30,31)(H,27,28,32). The van der Waals surface area contributed by atoms with Gasteiger partial charge < -0.3 is 20.3 Å². The fraction of sp³-hybridized carbons (Fsp3) is 0.167. The molecular weight excluding hydrogens is 470 g/mol. The van der Waals surface area contributed by atoms with Gasteiger partial charge in [0.15, 0.2) is 11.5 Å². The number of nitrogens with zero attached hydrogens (tertiary/aromatic N) is 2. The van der Waals surface area contributed by atoms with E-state index in [1.807, 2.05) is 24.3 Å². The molecule has 0 radical (unpaired) electrons. The van der Waals surface area contributed by atoms with Gasteiger partial charge in [0, 0.05) is 11.5 Å². The highest BCUT2D eigenvalue weighted by molar-refractivity contribution is 7.12. The van der Waals surface area contributed by atoms with E-state index in [0.717, 1.165) is 27.1 Å². The molecule has 0 saturated heterocycles. The normalized spacial score (nSPS) is 11.7. The summed E-state index contributed by atoms with van der Waals surface area (Å²) in [4.78, 5) is 27.2. The highest BCUT2D eigenvalue weighted by Gasteiger charge is 2.24. The third-order valence-electron chi connectivity index (χ3n) is 5.55. The zero-order chi connectivity index (χ0) is 25.1. The molecule has 0 saturated carbocycles. The lowest BCUT2D eigenvalue weighted by Gasteiger charge is -2.17. The van der Waals surface area contributed by atoms with Crippen LogP contribution in [0.2, 0.25) is 0 Å². The lowest BCUT2D eigenvalue weighted by molar-refractivity contribution is 0.0702. The van der Waals surface area contributed by atoms with E-state index in [-0.39, 0.29) is 16.4 Å². The predicted molar refractivity (Wildman–Crippen MR) is 132 cm³/mol. The van der Waals surface area contributed by atoms with Crippen molar-refractivity contribution in [3.05, 3.63) is 91.8 Å². The molecular formula is C24H23N5O5S. The van der Waals surface area contributed by atoms with E-state index in [2.05, 4.69) is 10.1 Å². The average molecular weight is 494 g/mol. The molecule has 1 unspecified atom stereocenters. The molecule has 4 rings (SSSR count). The molecule has 1 atom stereocenters. The highest BCUT2D eigenvalue weighted by atomic mass is 32.1. The summed E-state index contributed by atoms with van der Waals surface area (Å²) in [6, 6.07) is 14.2. The molecule has 180 valence electrons. The van der Waals surface area contributed by atoms with Crippen molar-refractivity contribution in [1.82, 2.24) is 14.8 Å². The van der Waals surface area contributed by atoms with Gasteiger partial charge in [0.05, 0.1) is 19.9 Å². The summed E-state index contributed by atoms with van der Waals surface area (Å²) in [5, 5.41) is 23.1. The molecule has 5 N–H and O–H groups in total. The van der Waals surface area contributed by atoms with Crippen LogP contribution in [0.4, 0.5) is 0 Å². The first-order chi connectivity index (χ1) is 16.8. The number of aromatic nitrogens is 3. The van der Waals surface area contributed by atoms with Gasteiger partial charge in [-0.3, -0.25) is 10.4 Å². The number of nitrogens with two attached hydrogens (primary N) is 1. The Labute approximate surface area is 204 Å². The molecule has 4 aromatic rings. The number of thiophene rings is 1. The molecule has 11 heteroatoms. The maximum Gasteiger partial charge on any atom is 0.348 e. The van der Waals surface area contributed by atoms with Crippen LogP contribution in [-0.2, 0) is 6.42 Å². The van der Waals surface area contributed by atoms with Crippen LogP contribution in [0.1, 0.15) is 38.1 Å². The summed E-state index contributed by atoms with van der Waals surface area (Å²) in [5.41, 5.74) is 7.56. The maximum atomic E-state index is 12.8. The number of aromatic carboxylic acids is 1. The first kappa shape index (κ1) is 23.8. The molecule has 2 aromatic carbocycles. The number of aromatic amines is 1. The maximum absolute atomic E-state index is 12.8. The third kappa shape index (κ3) is 4.80. The second-order valence-electron chi connectivity index (χ2n) is 7.65. The predicted octanol–water partition coefficient (Wildman–Crippen LogP) is 3.00. The number of H-pyrrole nitrogens is 1. The van der Waals surface area contributed by atoms with Crippen molar-refractivity contribution in [3.8, 4) is 17.2 Å². The summed E-state index contributed by atoms with van der Waals surface area (Å²) in [6.45, 7) is 0. The SMILES string of the molecule is COc1ccc(C(Cc2ccc(C(=N)N)cc2)c2nn(-c3ccsc3C(=O)O)c(=O)[nH]2)cc1OC. The van der Waals surface area contributed by atoms with E-state index in [1.165, 1.54) is 7.11 Å². The number of amidine groups is 1. The minimum absolute atomic E-state index is 0.0210. The van der Waals surface area contributed by atoms with Crippen LogP contribution in [0.5, 0.6) is 11.5 Å². The second kappa shape index (κ2) is 9.85. The van der Waals surface area contributed by atoms with Gasteiger partial charge in [0.1, 0.15) is 16.5 Å². The molecule has 0 spiro atoms. The van der Waals surface area contributed by atoms with Crippen molar-refractivity contribution < 1.29 is 19.4 Å². The number of hydrogen-bond donors (Lipinski definition) is 4. The number of benzene rings is 2. The van der Waals surface area contributed by atoms with Gasteiger partial charge in [-0.25, -0.2) is 9.59 Å².